The Labute approximate surface area is 226 Å². The monoisotopic (exact) mass is 533 g/mol. The van der Waals surface area contributed by atoms with Gasteiger partial charge in [0.25, 0.3) is 5.91 Å². The van der Waals surface area contributed by atoms with E-state index in [9.17, 15) is 9.18 Å². The molecule has 2 aliphatic carbocycles. The summed E-state index contributed by atoms with van der Waals surface area (Å²) in [6, 6.07) is 10.2. The van der Waals surface area contributed by atoms with Crippen LogP contribution in [0.2, 0.25) is 0 Å². The molecule has 1 saturated heterocycles. The first-order valence-corrected chi connectivity index (χ1v) is 13.7. The number of hydrogen-bond acceptors (Lipinski definition) is 6. The number of fused-ring (bicyclic) bond motifs is 3. The lowest BCUT2D eigenvalue weighted by Crippen LogP contribution is -2.31. The number of hydrogen-bond donors (Lipinski definition) is 2. The number of likely N-dealkylation sites (tertiary alicyclic amines) is 1. The maximum absolute atomic E-state index is 16.3. The largest absolute Gasteiger partial charge is 0.462 e. The van der Waals surface area contributed by atoms with Crippen LogP contribution in [0.5, 0.6) is 6.01 Å². The average Bonchev–Trinajstić information content (AvgIpc) is 3.46. The number of amides is 1. The van der Waals surface area contributed by atoms with Crippen molar-refractivity contribution in [3.05, 3.63) is 59.7 Å². The fourth-order valence-electron chi connectivity index (χ4n) is 6.14. The second-order valence-corrected chi connectivity index (χ2v) is 11.0. The molecule has 6 rings (SSSR count). The van der Waals surface area contributed by atoms with E-state index in [1.165, 1.54) is 24.0 Å². The molecule has 39 heavy (non-hydrogen) atoms. The highest BCUT2D eigenvalue weighted by atomic mass is 19.1. The summed E-state index contributed by atoms with van der Waals surface area (Å²) in [6.45, 7) is 4.79. The first-order chi connectivity index (χ1) is 18.9. The molecule has 1 aromatic heterocycles. The van der Waals surface area contributed by atoms with Crippen LogP contribution in [0.1, 0.15) is 43.2 Å². The van der Waals surface area contributed by atoms with E-state index in [4.69, 9.17) is 4.74 Å². The van der Waals surface area contributed by atoms with Gasteiger partial charge < -0.3 is 20.3 Å². The van der Waals surface area contributed by atoms with Crippen molar-refractivity contribution in [2.75, 3.05) is 38.6 Å². The molecule has 9 heteroatoms. The van der Waals surface area contributed by atoms with Gasteiger partial charge in [0.2, 0.25) is 0 Å². The first kappa shape index (κ1) is 25.7. The molecule has 7 nitrogen and oxygen atoms in total. The number of aromatic nitrogens is 2. The Hall–Kier alpha value is -3.59. The van der Waals surface area contributed by atoms with Gasteiger partial charge in [-0.15, -0.1) is 0 Å². The molecule has 1 spiro atoms. The number of carbonyl (C=O) groups is 1. The van der Waals surface area contributed by atoms with Gasteiger partial charge in [-0.05, 0) is 80.3 Å². The second kappa shape index (κ2) is 10.2. The molecule has 0 bridgehead atoms. The average molecular weight is 534 g/mol. The SMILES string of the molecule is C=C(F)C(=O)NCCNc1nc(OC[C@@H]2CCCN2C)nc2c(F)c(-c3cccc4c3CCC43CC3)ccc12. The number of halogens is 2. The van der Waals surface area contributed by atoms with Crippen LogP contribution in [-0.4, -0.2) is 60.1 Å². The Morgan fingerprint density at radius 1 is 1.18 bits per heavy atom. The van der Waals surface area contributed by atoms with E-state index in [1.54, 1.807) is 6.07 Å². The molecule has 3 aromatic rings. The van der Waals surface area contributed by atoms with Crippen molar-refractivity contribution in [1.82, 2.24) is 20.2 Å². The molecule has 2 N–H and O–H groups in total. The number of nitrogens with one attached hydrogen (secondary N) is 2. The Balaban J connectivity index is 1.33. The van der Waals surface area contributed by atoms with Crippen molar-refractivity contribution in [2.45, 2.75) is 50.0 Å². The van der Waals surface area contributed by atoms with Crippen LogP contribution in [0.25, 0.3) is 22.0 Å². The van der Waals surface area contributed by atoms with Crippen molar-refractivity contribution >= 4 is 22.6 Å². The van der Waals surface area contributed by atoms with Crippen molar-refractivity contribution in [1.29, 1.82) is 0 Å². The molecule has 1 saturated carbocycles. The lowest BCUT2D eigenvalue weighted by molar-refractivity contribution is -0.118. The van der Waals surface area contributed by atoms with Crippen LogP contribution >= 0.6 is 0 Å². The number of carbonyl (C=O) groups excluding carboxylic acids is 1. The normalized spacial score (nSPS) is 19.3. The molecule has 3 aliphatic rings. The van der Waals surface area contributed by atoms with Gasteiger partial charge in [-0.25, -0.2) is 8.78 Å². The third-order valence-corrected chi connectivity index (χ3v) is 8.56. The molecule has 0 radical (unpaired) electrons. The van der Waals surface area contributed by atoms with Gasteiger partial charge in [0.05, 0.1) is 0 Å². The summed E-state index contributed by atoms with van der Waals surface area (Å²) in [5, 5.41) is 6.07. The minimum Gasteiger partial charge on any atom is -0.462 e. The van der Waals surface area contributed by atoms with Crippen molar-refractivity contribution < 1.29 is 18.3 Å². The molecule has 1 aliphatic heterocycles. The Morgan fingerprint density at radius 2 is 2.03 bits per heavy atom. The summed E-state index contributed by atoms with van der Waals surface area (Å²) in [5.74, 6) is -1.94. The Morgan fingerprint density at radius 3 is 2.77 bits per heavy atom. The van der Waals surface area contributed by atoms with Crippen LogP contribution in [-0.2, 0) is 16.6 Å². The van der Waals surface area contributed by atoms with Crippen LogP contribution in [0.15, 0.2) is 42.7 Å². The topological polar surface area (TPSA) is 79.4 Å². The molecule has 0 unspecified atom stereocenters. The number of rotatable bonds is 9. The number of likely N-dealkylation sites (N-methyl/N-ethyl adjacent to an activating group) is 1. The maximum atomic E-state index is 16.3. The van der Waals surface area contributed by atoms with E-state index in [2.05, 4.69) is 45.2 Å². The van der Waals surface area contributed by atoms with E-state index in [0.717, 1.165) is 37.8 Å². The first-order valence-electron chi connectivity index (χ1n) is 13.7. The Kier molecular flexibility index (Phi) is 6.71. The van der Waals surface area contributed by atoms with Crippen molar-refractivity contribution in [3.8, 4) is 17.1 Å². The number of anilines is 1. The van der Waals surface area contributed by atoms with Gasteiger partial charge in [-0.1, -0.05) is 30.8 Å². The van der Waals surface area contributed by atoms with E-state index in [0.29, 0.717) is 28.8 Å². The van der Waals surface area contributed by atoms with Crippen LogP contribution in [0.3, 0.4) is 0 Å². The highest BCUT2D eigenvalue weighted by Crippen LogP contribution is 2.58. The third kappa shape index (κ3) is 4.84. The molecule has 2 aromatic carbocycles. The van der Waals surface area contributed by atoms with Crippen LogP contribution < -0.4 is 15.4 Å². The maximum Gasteiger partial charge on any atom is 0.319 e. The number of benzene rings is 2. The predicted octanol–water partition coefficient (Wildman–Crippen LogP) is 4.90. The fraction of sp³-hybridized carbons (Fsp3) is 0.433. The number of ether oxygens (including phenoxy) is 1. The molecular formula is C30H33F2N5O2. The number of nitrogens with zero attached hydrogens (tertiary/aromatic N) is 3. The molecule has 2 heterocycles. The van der Waals surface area contributed by atoms with E-state index < -0.39 is 17.6 Å². The van der Waals surface area contributed by atoms with Gasteiger partial charge in [-0.2, -0.15) is 9.97 Å². The van der Waals surface area contributed by atoms with Gasteiger partial charge in [-0.3, -0.25) is 4.79 Å². The molecule has 1 amide bonds. The summed E-state index contributed by atoms with van der Waals surface area (Å²) in [5.41, 5.74) is 4.54. The van der Waals surface area contributed by atoms with Gasteiger partial charge in [0.1, 0.15) is 17.9 Å². The summed E-state index contributed by atoms with van der Waals surface area (Å²) in [4.78, 5) is 22.8. The van der Waals surface area contributed by atoms with Gasteiger partial charge in [0.15, 0.2) is 11.6 Å². The standard InChI is InChI=1S/C30H33F2N5O2/c1-18(31)28(38)34-15-14-33-27-23-9-8-22(20-6-3-7-24-21(20)10-11-30(24)12-13-30)25(32)26(23)35-29(36-27)39-17-19-5-4-16-37(19)2/h3,6-9,19H,1,4-5,10-17H2,2H3,(H,34,38)(H,33,35,36)/t19-/m0/s1. The van der Waals surface area contributed by atoms with Gasteiger partial charge >= 0.3 is 6.01 Å². The van der Waals surface area contributed by atoms with Crippen LogP contribution in [0.4, 0.5) is 14.6 Å². The second-order valence-electron chi connectivity index (χ2n) is 11.0. The molecule has 2 fully saturated rings. The lowest BCUT2D eigenvalue weighted by Gasteiger charge is -2.19. The van der Waals surface area contributed by atoms with E-state index in [-0.39, 0.29) is 30.7 Å². The minimum absolute atomic E-state index is 0.0951. The zero-order valence-electron chi connectivity index (χ0n) is 22.2. The summed E-state index contributed by atoms with van der Waals surface area (Å²) >= 11 is 0. The lowest BCUT2D eigenvalue weighted by atomic mass is 9.92. The van der Waals surface area contributed by atoms with E-state index >= 15 is 4.39 Å². The summed E-state index contributed by atoms with van der Waals surface area (Å²) < 4.78 is 35.3. The van der Waals surface area contributed by atoms with E-state index in [1.807, 2.05) is 18.2 Å². The fourth-order valence-corrected chi connectivity index (χ4v) is 6.14. The van der Waals surface area contributed by atoms with Crippen LogP contribution in [0, 0.1) is 5.82 Å². The van der Waals surface area contributed by atoms with Crippen molar-refractivity contribution in [2.24, 2.45) is 0 Å². The minimum atomic E-state index is -1.05. The molecule has 1 atom stereocenters. The molecule has 204 valence electrons. The van der Waals surface area contributed by atoms with Gasteiger partial charge in [0, 0.05) is 30.1 Å². The molecular weight excluding hydrogens is 500 g/mol. The van der Waals surface area contributed by atoms with Crippen molar-refractivity contribution in [3.63, 3.8) is 0 Å². The summed E-state index contributed by atoms with van der Waals surface area (Å²) in [7, 11) is 2.06. The smallest absolute Gasteiger partial charge is 0.319 e. The zero-order chi connectivity index (χ0) is 27.1. The third-order valence-electron chi connectivity index (χ3n) is 8.56. The zero-order valence-corrected chi connectivity index (χ0v) is 22.2. The highest BCUT2D eigenvalue weighted by Gasteiger charge is 2.48. The quantitative estimate of drug-likeness (QED) is 0.301. The Bertz CT molecular complexity index is 1460. The summed E-state index contributed by atoms with van der Waals surface area (Å²) in [6.07, 6.45) is 6.64. The highest BCUT2D eigenvalue weighted by molar-refractivity contribution is 5.94. The predicted molar refractivity (Wildman–Crippen MR) is 147 cm³/mol.